The standard InChI is InChI=1S/C29H45NO4/c1-29-17-16-24-23-13-12-22(31)19-21(23)18-20(28(24)25(29)14-15-26(29)32)10-8-6-4-2-3-5-7-9-11-27(33)30-34/h12-13,19-20,24-26,28,31-32,34H,2-11,14-18H2,1H3,(H,30,33)/t20-,24-,25+,26+,28-,29+/m1/s1. The Kier molecular flexibility index (Phi) is 8.57. The van der Waals surface area contributed by atoms with Gasteiger partial charge in [-0.2, -0.15) is 0 Å². The number of carbonyl (C=O) groups is 1. The van der Waals surface area contributed by atoms with Crippen molar-refractivity contribution in [1.29, 1.82) is 0 Å². The molecule has 4 N–H and O–H groups in total. The molecule has 0 bridgehead atoms. The Labute approximate surface area is 205 Å². The lowest BCUT2D eigenvalue weighted by molar-refractivity contribution is -0.129. The molecular formula is C29H45NO4. The summed E-state index contributed by atoms with van der Waals surface area (Å²) in [5, 5.41) is 29.5. The summed E-state index contributed by atoms with van der Waals surface area (Å²) in [5.41, 5.74) is 4.62. The van der Waals surface area contributed by atoms with Gasteiger partial charge in [-0.25, -0.2) is 5.48 Å². The van der Waals surface area contributed by atoms with Crippen LogP contribution in [-0.4, -0.2) is 27.4 Å². The number of nitrogens with one attached hydrogen (secondary N) is 1. The van der Waals surface area contributed by atoms with E-state index in [1.807, 2.05) is 12.1 Å². The smallest absolute Gasteiger partial charge is 0.243 e. The predicted molar refractivity (Wildman–Crippen MR) is 134 cm³/mol. The summed E-state index contributed by atoms with van der Waals surface area (Å²) in [6.45, 7) is 2.35. The average Bonchev–Trinajstić information content (AvgIpc) is 3.13. The molecule has 0 spiro atoms. The molecule has 0 saturated heterocycles. The monoisotopic (exact) mass is 471 g/mol. The molecule has 2 fully saturated rings. The molecule has 4 rings (SSSR count). The second-order valence-corrected chi connectivity index (χ2v) is 11.7. The minimum atomic E-state index is -0.284. The van der Waals surface area contributed by atoms with Crippen molar-refractivity contribution in [1.82, 2.24) is 5.48 Å². The molecule has 1 amide bonds. The Hall–Kier alpha value is -1.59. The van der Waals surface area contributed by atoms with Crippen molar-refractivity contribution in [2.75, 3.05) is 0 Å². The van der Waals surface area contributed by atoms with Crippen LogP contribution in [0.25, 0.3) is 0 Å². The van der Waals surface area contributed by atoms with Crippen LogP contribution >= 0.6 is 0 Å². The van der Waals surface area contributed by atoms with Crippen LogP contribution in [0.3, 0.4) is 0 Å². The molecule has 5 nitrogen and oxygen atoms in total. The quantitative estimate of drug-likeness (QED) is 0.175. The van der Waals surface area contributed by atoms with Gasteiger partial charge in [0.05, 0.1) is 6.10 Å². The number of fused-ring (bicyclic) bond motifs is 5. The first kappa shape index (κ1) is 25.5. The molecule has 3 aliphatic carbocycles. The first-order valence-electron chi connectivity index (χ1n) is 13.9. The maximum atomic E-state index is 11.0. The van der Waals surface area contributed by atoms with Gasteiger partial charge in [0.2, 0.25) is 5.91 Å². The molecular weight excluding hydrogens is 426 g/mol. The van der Waals surface area contributed by atoms with Gasteiger partial charge in [-0.1, -0.05) is 57.9 Å². The predicted octanol–water partition coefficient (Wildman–Crippen LogP) is 6.24. The largest absolute Gasteiger partial charge is 0.508 e. The van der Waals surface area contributed by atoms with Crippen LogP contribution in [-0.2, 0) is 11.2 Å². The highest BCUT2D eigenvalue weighted by molar-refractivity contribution is 5.74. The van der Waals surface area contributed by atoms with Crippen LogP contribution in [0.4, 0.5) is 0 Å². The van der Waals surface area contributed by atoms with Crippen LogP contribution in [0.2, 0.25) is 0 Å². The van der Waals surface area contributed by atoms with Crippen LogP contribution in [0.5, 0.6) is 5.75 Å². The summed E-state index contributed by atoms with van der Waals surface area (Å²) in [4.78, 5) is 11.0. The van der Waals surface area contributed by atoms with Crippen molar-refractivity contribution >= 4 is 5.91 Å². The molecule has 190 valence electrons. The summed E-state index contributed by atoms with van der Waals surface area (Å²) in [7, 11) is 0. The summed E-state index contributed by atoms with van der Waals surface area (Å²) < 4.78 is 0. The Morgan fingerprint density at radius 1 is 1.03 bits per heavy atom. The third kappa shape index (κ3) is 5.46. The number of phenolic OH excluding ortho intramolecular Hbond substituents is 1. The van der Waals surface area contributed by atoms with Crippen molar-refractivity contribution in [2.45, 2.75) is 115 Å². The van der Waals surface area contributed by atoms with Crippen molar-refractivity contribution < 1.29 is 20.2 Å². The average molecular weight is 472 g/mol. The maximum Gasteiger partial charge on any atom is 0.243 e. The van der Waals surface area contributed by atoms with E-state index in [0.29, 0.717) is 35.8 Å². The molecule has 34 heavy (non-hydrogen) atoms. The van der Waals surface area contributed by atoms with E-state index in [-0.39, 0.29) is 17.4 Å². The molecule has 0 aliphatic heterocycles. The fourth-order valence-corrected chi connectivity index (χ4v) is 7.84. The second kappa shape index (κ2) is 11.4. The third-order valence-electron chi connectivity index (χ3n) is 9.69. The highest BCUT2D eigenvalue weighted by atomic mass is 16.5. The first-order chi connectivity index (χ1) is 16.4. The number of aliphatic hydroxyl groups is 1. The van der Waals surface area contributed by atoms with Gasteiger partial charge in [-0.3, -0.25) is 10.0 Å². The second-order valence-electron chi connectivity index (χ2n) is 11.7. The summed E-state index contributed by atoms with van der Waals surface area (Å²) in [6, 6.07) is 6.07. The van der Waals surface area contributed by atoms with Gasteiger partial charge < -0.3 is 10.2 Å². The molecule has 0 radical (unpaired) electrons. The molecule has 5 heteroatoms. The van der Waals surface area contributed by atoms with Crippen molar-refractivity contribution in [3.05, 3.63) is 29.3 Å². The van der Waals surface area contributed by atoms with E-state index in [1.54, 1.807) is 5.48 Å². The van der Waals surface area contributed by atoms with E-state index >= 15 is 0 Å². The number of hydrogen-bond acceptors (Lipinski definition) is 4. The molecule has 1 aromatic rings. The van der Waals surface area contributed by atoms with Gasteiger partial charge in [0.1, 0.15) is 5.75 Å². The number of carbonyl (C=O) groups excluding carboxylic acids is 1. The van der Waals surface area contributed by atoms with Crippen LogP contribution in [0.15, 0.2) is 18.2 Å². The SMILES string of the molecule is C[C@]12CC[C@@H]3c4ccc(O)cc4C[C@@H](CCCCCCCCCCC(=O)NO)[C@H]3[C@@H]1CC[C@@H]2O. The van der Waals surface area contributed by atoms with E-state index in [0.717, 1.165) is 38.5 Å². The van der Waals surface area contributed by atoms with Crippen molar-refractivity contribution in [3.8, 4) is 5.75 Å². The van der Waals surface area contributed by atoms with Gasteiger partial charge in [0, 0.05) is 6.42 Å². The molecule has 0 heterocycles. The van der Waals surface area contributed by atoms with E-state index in [4.69, 9.17) is 5.21 Å². The van der Waals surface area contributed by atoms with Gasteiger partial charge >= 0.3 is 0 Å². The van der Waals surface area contributed by atoms with E-state index in [1.165, 1.54) is 62.5 Å². The highest BCUT2D eigenvalue weighted by Gasteiger charge is 2.56. The zero-order chi connectivity index (χ0) is 24.1. The Morgan fingerprint density at radius 2 is 1.74 bits per heavy atom. The number of hydrogen-bond donors (Lipinski definition) is 4. The lowest BCUT2D eigenvalue weighted by atomic mass is 9.52. The number of unbranched alkanes of at least 4 members (excludes halogenated alkanes) is 7. The maximum absolute atomic E-state index is 11.0. The normalized spacial score (nSPS) is 32.0. The highest BCUT2D eigenvalue weighted by Crippen LogP contribution is 2.62. The van der Waals surface area contributed by atoms with Gasteiger partial charge in [0.25, 0.3) is 0 Å². The first-order valence-corrected chi connectivity index (χ1v) is 13.9. The lowest BCUT2D eigenvalue weighted by Crippen LogP contribution is -2.47. The van der Waals surface area contributed by atoms with E-state index in [9.17, 15) is 15.0 Å². The lowest BCUT2D eigenvalue weighted by Gasteiger charge is -2.53. The number of rotatable bonds is 11. The minimum Gasteiger partial charge on any atom is -0.508 e. The summed E-state index contributed by atoms with van der Waals surface area (Å²) in [5.74, 6) is 2.65. The Balaban J connectivity index is 1.28. The number of aromatic hydroxyl groups is 1. The Morgan fingerprint density at radius 3 is 2.47 bits per heavy atom. The fraction of sp³-hybridized carbons (Fsp3) is 0.759. The van der Waals surface area contributed by atoms with Crippen molar-refractivity contribution in [2.24, 2.45) is 23.2 Å². The van der Waals surface area contributed by atoms with Gasteiger partial charge in [-0.05, 0) is 97.3 Å². The zero-order valence-electron chi connectivity index (χ0n) is 21.0. The summed E-state index contributed by atoms with van der Waals surface area (Å²) in [6.07, 6.45) is 16.4. The Bertz CT molecular complexity index is 826. The van der Waals surface area contributed by atoms with E-state index < -0.39 is 0 Å². The fourth-order valence-electron chi connectivity index (χ4n) is 7.84. The molecule has 6 atom stereocenters. The summed E-state index contributed by atoms with van der Waals surface area (Å²) >= 11 is 0. The topological polar surface area (TPSA) is 89.8 Å². The molecule has 2 saturated carbocycles. The molecule has 0 unspecified atom stereocenters. The third-order valence-corrected chi connectivity index (χ3v) is 9.69. The number of phenols is 1. The number of aliphatic hydroxyl groups excluding tert-OH is 1. The minimum absolute atomic E-state index is 0.0890. The number of benzene rings is 1. The zero-order valence-corrected chi connectivity index (χ0v) is 21.0. The van der Waals surface area contributed by atoms with Gasteiger partial charge in [0.15, 0.2) is 0 Å². The number of amides is 1. The molecule has 0 aromatic heterocycles. The van der Waals surface area contributed by atoms with Gasteiger partial charge in [-0.15, -0.1) is 0 Å². The van der Waals surface area contributed by atoms with Crippen LogP contribution in [0.1, 0.15) is 114 Å². The number of hydroxylamine groups is 1. The molecule has 1 aromatic carbocycles. The van der Waals surface area contributed by atoms with Crippen LogP contribution in [0, 0.1) is 23.2 Å². The molecule has 3 aliphatic rings. The van der Waals surface area contributed by atoms with E-state index in [2.05, 4.69) is 13.0 Å². The van der Waals surface area contributed by atoms with Crippen LogP contribution < -0.4 is 5.48 Å². The van der Waals surface area contributed by atoms with Crippen molar-refractivity contribution in [3.63, 3.8) is 0 Å².